The molecule has 0 atom stereocenters. The van der Waals surface area contributed by atoms with E-state index in [0.29, 0.717) is 18.1 Å². The summed E-state index contributed by atoms with van der Waals surface area (Å²) in [7, 11) is 0. The predicted molar refractivity (Wildman–Crippen MR) is 112 cm³/mol. The van der Waals surface area contributed by atoms with E-state index in [4.69, 9.17) is 9.40 Å². The van der Waals surface area contributed by atoms with Crippen LogP contribution in [0, 0.1) is 10.1 Å². The van der Waals surface area contributed by atoms with E-state index in [-0.39, 0.29) is 5.69 Å². The summed E-state index contributed by atoms with van der Waals surface area (Å²) in [6, 6.07) is 10.2. The van der Waals surface area contributed by atoms with Crippen LogP contribution in [0.2, 0.25) is 0 Å². The molecule has 0 unspecified atom stereocenters. The highest BCUT2D eigenvalue weighted by atomic mass is 16.6. The minimum Gasteiger partial charge on any atom is -0.460 e. The molecule has 4 aromatic rings. The van der Waals surface area contributed by atoms with E-state index >= 15 is 0 Å². The van der Waals surface area contributed by atoms with Gasteiger partial charge in [-0.1, -0.05) is 0 Å². The quantitative estimate of drug-likeness (QED) is 0.359. The van der Waals surface area contributed by atoms with Crippen molar-refractivity contribution in [2.45, 2.75) is 19.5 Å². The lowest BCUT2D eigenvalue weighted by atomic mass is 10.1. The molecule has 1 aliphatic rings. The Hall–Kier alpha value is -3.98. The number of benzene rings is 1. The summed E-state index contributed by atoms with van der Waals surface area (Å²) in [6.45, 7) is 2.28. The Labute approximate surface area is 177 Å². The molecule has 0 aliphatic carbocycles. The van der Waals surface area contributed by atoms with E-state index in [0.717, 1.165) is 47.7 Å². The van der Waals surface area contributed by atoms with Gasteiger partial charge in [-0.25, -0.2) is 19.9 Å². The van der Waals surface area contributed by atoms with Gasteiger partial charge in [0.1, 0.15) is 17.8 Å². The maximum atomic E-state index is 10.8. The highest BCUT2D eigenvalue weighted by Crippen LogP contribution is 2.26. The summed E-state index contributed by atoms with van der Waals surface area (Å²) in [5.41, 5.74) is 3.84. The molecule has 0 spiro atoms. The largest absolute Gasteiger partial charge is 0.460 e. The van der Waals surface area contributed by atoms with Crippen molar-refractivity contribution in [1.82, 2.24) is 24.8 Å². The molecule has 154 valence electrons. The molecule has 0 fully saturated rings. The Balaban J connectivity index is 1.27. The van der Waals surface area contributed by atoms with Gasteiger partial charge < -0.3 is 4.42 Å². The Bertz CT molecular complexity index is 1220. The number of furan rings is 1. The van der Waals surface area contributed by atoms with Crippen molar-refractivity contribution in [3.05, 3.63) is 88.4 Å². The van der Waals surface area contributed by atoms with Crippen LogP contribution in [-0.2, 0) is 19.5 Å². The average Bonchev–Trinajstić information content (AvgIpc) is 3.28. The second-order valence-electron chi connectivity index (χ2n) is 7.32. The van der Waals surface area contributed by atoms with Crippen LogP contribution >= 0.6 is 0 Å². The molecule has 1 aliphatic heterocycles. The molecule has 0 N–H and O–H groups in total. The Kier molecular flexibility index (Phi) is 4.93. The van der Waals surface area contributed by atoms with E-state index in [2.05, 4.69) is 19.9 Å². The van der Waals surface area contributed by atoms with Gasteiger partial charge in [-0.05, 0) is 24.3 Å². The number of nitro benzene ring substituents is 1. The minimum atomic E-state index is -0.411. The summed E-state index contributed by atoms with van der Waals surface area (Å²) >= 11 is 0. The monoisotopic (exact) mass is 414 g/mol. The van der Waals surface area contributed by atoms with Gasteiger partial charge >= 0.3 is 0 Å². The number of aromatic nitrogens is 4. The van der Waals surface area contributed by atoms with Gasteiger partial charge in [0.2, 0.25) is 0 Å². The second kappa shape index (κ2) is 8.04. The van der Waals surface area contributed by atoms with Crippen molar-refractivity contribution < 1.29 is 9.34 Å². The standard InChI is InChI=1S/C22H18N6O3/c29-28(30)18-3-1-15(2-4-18)21-6-5-19(31-21)13-27-8-7-20-17(12-27)11-25-22(26-20)16-9-23-14-24-10-16/h1-6,9-11,14H,7-8,12-13H2. The third kappa shape index (κ3) is 4.03. The molecule has 0 radical (unpaired) electrons. The minimum absolute atomic E-state index is 0.0627. The van der Waals surface area contributed by atoms with Crippen LogP contribution in [0.5, 0.6) is 0 Å². The third-order valence-corrected chi connectivity index (χ3v) is 5.24. The van der Waals surface area contributed by atoms with Crippen LogP contribution in [-0.4, -0.2) is 36.3 Å². The van der Waals surface area contributed by atoms with Crippen molar-refractivity contribution in [1.29, 1.82) is 0 Å². The first-order valence-electron chi connectivity index (χ1n) is 9.82. The topological polar surface area (TPSA) is 111 Å². The molecule has 31 heavy (non-hydrogen) atoms. The molecule has 9 nitrogen and oxygen atoms in total. The predicted octanol–water partition coefficient (Wildman–Crippen LogP) is 3.66. The van der Waals surface area contributed by atoms with Gasteiger partial charge in [0.05, 0.1) is 22.7 Å². The fourth-order valence-electron chi connectivity index (χ4n) is 3.65. The zero-order chi connectivity index (χ0) is 21.2. The van der Waals surface area contributed by atoms with E-state index in [1.807, 2.05) is 18.3 Å². The van der Waals surface area contributed by atoms with Gasteiger partial charge in [0.15, 0.2) is 5.82 Å². The molecule has 0 saturated carbocycles. The van der Waals surface area contributed by atoms with Crippen LogP contribution < -0.4 is 0 Å². The van der Waals surface area contributed by atoms with Crippen molar-refractivity contribution in [2.24, 2.45) is 0 Å². The van der Waals surface area contributed by atoms with E-state index in [9.17, 15) is 10.1 Å². The lowest BCUT2D eigenvalue weighted by molar-refractivity contribution is -0.384. The van der Waals surface area contributed by atoms with Crippen molar-refractivity contribution >= 4 is 5.69 Å². The summed E-state index contributed by atoms with van der Waals surface area (Å²) in [5, 5.41) is 10.8. The summed E-state index contributed by atoms with van der Waals surface area (Å²) in [4.78, 5) is 29.9. The number of hydrogen-bond donors (Lipinski definition) is 0. The Morgan fingerprint density at radius 1 is 1.03 bits per heavy atom. The van der Waals surface area contributed by atoms with Crippen LogP contribution in [0.25, 0.3) is 22.7 Å². The fraction of sp³-hybridized carbons (Fsp3) is 0.182. The second-order valence-corrected chi connectivity index (χ2v) is 7.32. The molecule has 4 heterocycles. The molecule has 0 amide bonds. The Morgan fingerprint density at radius 3 is 2.61 bits per heavy atom. The lowest BCUT2D eigenvalue weighted by Crippen LogP contribution is -2.30. The van der Waals surface area contributed by atoms with E-state index in [1.165, 1.54) is 18.5 Å². The van der Waals surface area contributed by atoms with Crippen molar-refractivity contribution in [2.75, 3.05) is 6.54 Å². The highest BCUT2D eigenvalue weighted by molar-refractivity contribution is 5.59. The number of nitro groups is 1. The highest BCUT2D eigenvalue weighted by Gasteiger charge is 2.20. The fourth-order valence-corrected chi connectivity index (χ4v) is 3.65. The summed E-state index contributed by atoms with van der Waals surface area (Å²) in [5.74, 6) is 2.18. The first-order chi connectivity index (χ1) is 15.2. The van der Waals surface area contributed by atoms with E-state index in [1.54, 1.807) is 24.5 Å². The molecule has 5 rings (SSSR count). The first-order valence-corrected chi connectivity index (χ1v) is 9.82. The molecule has 1 aromatic carbocycles. The lowest BCUT2D eigenvalue weighted by Gasteiger charge is -2.27. The van der Waals surface area contributed by atoms with Crippen molar-refractivity contribution in [3.8, 4) is 22.7 Å². The first kappa shape index (κ1) is 19.0. The smallest absolute Gasteiger partial charge is 0.269 e. The molecule has 3 aromatic heterocycles. The van der Waals surface area contributed by atoms with Crippen LogP contribution in [0.3, 0.4) is 0 Å². The maximum absolute atomic E-state index is 10.8. The van der Waals surface area contributed by atoms with Crippen LogP contribution in [0.4, 0.5) is 5.69 Å². The number of nitrogens with zero attached hydrogens (tertiary/aromatic N) is 6. The van der Waals surface area contributed by atoms with Crippen molar-refractivity contribution in [3.63, 3.8) is 0 Å². The summed E-state index contributed by atoms with van der Waals surface area (Å²) in [6.07, 6.45) is 7.61. The van der Waals surface area contributed by atoms with Gasteiger partial charge in [-0.3, -0.25) is 15.0 Å². The zero-order valence-corrected chi connectivity index (χ0v) is 16.5. The molecular formula is C22H18N6O3. The third-order valence-electron chi connectivity index (χ3n) is 5.24. The molecule has 0 bridgehead atoms. The van der Waals surface area contributed by atoms with Crippen LogP contribution in [0.15, 0.2) is 65.7 Å². The normalized spacial score (nSPS) is 13.7. The van der Waals surface area contributed by atoms with Gasteiger partial charge in [-0.15, -0.1) is 0 Å². The SMILES string of the molecule is O=[N+]([O-])c1ccc(-c2ccc(CN3CCc4nc(-c5cncnc5)ncc4C3)o2)cc1. The molecule has 9 heteroatoms. The summed E-state index contributed by atoms with van der Waals surface area (Å²) < 4.78 is 5.98. The van der Waals surface area contributed by atoms with Crippen LogP contribution in [0.1, 0.15) is 17.0 Å². The zero-order valence-electron chi connectivity index (χ0n) is 16.5. The van der Waals surface area contributed by atoms with E-state index < -0.39 is 4.92 Å². The number of fused-ring (bicyclic) bond motifs is 1. The van der Waals surface area contributed by atoms with Gasteiger partial charge in [0.25, 0.3) is 5.69 Å². The Morgan fingerprint density at radius 2 is 1.84 bits per heavy atom. The number of hydrogen-bond acceptors (Lipinski definition) is 8. The van der Waals surface area contributed by atoms with Gasteiger partial charge in [0, 0.05) is 61.4 Å². The molecular weight excluding hydrogens is 396 g/mol. The number of non-ortho nitro benzene ring substituents is 1. The molecule has 0 saturated heterocycles. The number of rotatable bonds is 5. The maximum Gasteiger partial charge on any atom is 0.269 e. The van der Waals surface area contributed by atoms with Gasteiger partial charge in [-0.2, -0.15) is 0 Å². The average molecular weight is 414 g/mol.